The minimum atomic E-state index is -0.189. The van der Waals surface area contributed by atoms with Crippen LogP contribution in [0.1, 0.15) is 21.7 Å². The van der Waals surface area contributed by atoms with Crippen LogP contribution in [0, 0.1) is 6.92 Å². The van der Waals surface area contributed by atoms with E-state index in [0.717, 1.165) is 29.8 Å². The highest BCUT2D eigenvalue weighted by Gasteiger charge is 2.17. The summed E-state index contributed by atoms with van der Waals surface area (Å²) < 4.78 is 11.0. The Morgan fingerprint density at radius 1 is 1.19 bits per heavy atom. The van der Waals surface area contributed by atoms with Crippen molar-refractivity contribution in [3.8, 4) is 5.75 Å². The van der Waals surface area contributed by atoms with Gasteiger partial charge >= 0.3 is 0 Å². The smallest absolute Gasteiger partial charge is 0.287 e. The van der Waals surface area contributed by atoms with E-state index < -0.39 is 0 Å². The molecule has 26 heavy (non-hydrogen) atoms. The summed E-state index contributed by atoms with van der Waals surface area (Å²) in [7, 11) is 3.66. The molecule has 0 bridgehead atoms. The minimum Gasteiger partial charge on any atom is -0.497 e. The zero-order valence-electron chi connectivity index (χ0n) is 15.4. The van der Waals surface area contributed by atoms with Gasteiger partial charge in [0.05, 0.1) is 7.11 Å². The highest BCUT2D eigenvalue weighted by atomic mass is 16.5. The summed E-state index contributed by atoms with van der Waals surface area (Å²) in [5, 5.41) is 3.84. The Morgan fingerprint density at radius 2 is 1.96 bits per heavy atom. The largest absolute Gasteiger partial charge is 0.497 e. The molecule has 0 saturated heterocycles. The van der Waals surface area contributed by atoms with Crippen molar-refractivity contribution in [1.29, 1.82) is 0 Å². The molecule has 5 heteroatoms. The lowest BCUT2D eigenvalue weighted by Gasteiger charge is -2.16. The summed E-state index contributed by atoms with van der Waals surface area (Å²) in [6, 6.07) is 15.8. The standard InChI is InChI=1S/C21H24N2O3/c1-15-18-13-17(25-3)9-10-19(18)26-20(15)21(24)22-11-12-23(2)14-16-7-5-4-6-8-16/h4-10,13H,11-12,14H2,1-3H3,(H,22,24). The zero-order chi connectivity index (χ0) is 18.5. The summed E-state index contributed by atoms with van der Waals surface area (Å²) in [4.78, 5) is 14.6. The number of hydrogen-bond donors (Lipinski definition) is 1. The Kier molecular flexibility index (Phi) is 5.58. The SMILES string of the molecule is COc1ccc2oc(C(=O)NCCN(C)Cc3ccccc3)c(C)c2c1. The van der Waals surface area contributed by atoms with Crippen LogP contribution >= 0.6 is 0 Å². The van der Waals surface area contributed by atoms with Gasteiger partial charge in [-0.25, -0.2) is 0 Å². The van der Waals surface area contributed by atoms with Crippen LogP contribution in [0.15, 0.2) is 52.9 Å². The molecule has 2 aromatic carbocycles. The molecule has 1 N–H and O–H groups in total. The van der Waals surface area contributed by atoms with Gasteiger partial charge in [0.2, 0.25) is 0 Å². The molecule has 1 heterocycles. The summed E-state index contributed by atoms with van der Waals surface area (Å²) in [6.07, 6.45) is 0. The molecular formula is C21H24N2O3. The van der Waals surface area contributed by atoms with E-state index in [4.69, 9.17) is 9.15 Å². The first kappa shape index (κ1) is 18.0. The van der Waals surface area contributed by atoms with Gasteiger partial charge in [-0.1, -0.05) is 30.3 Å². The molecule has 0 radical (unpaired) electrons. The first-order valence-electron chi connectivity index (χ1n) is 8.66. The van der Waals surface area contributed by atoms with E-state index in [9.17, 15) is 4.79 Å². The van der Waals surface area contributed by atoms with Crippen molar-refractivity contribution in [2.75, 3.05) is 27.2 Å². The topological polar surface area (TPSA) is 54.7 Å². The number of furan rings is 1. The number of carbonyl (C=O) groups is 1. The number of methoxy groups -OCH3 is 1. The van der Waals surface area contributed by atoms with Gasteiger partial charge in [0.15, 0.2) is 5.76 Å². The number of carbonyl (C=O) groups excluding carboxylic acids is 1. The number of fused-ring (bicyclic) bond motifs is 1. The van der Waals surface area contributed by atoms with Gasteiger partial charge in [0, 0.05) is 30.6 Å². The first-order valence-corrected chi connectivity index (χ1v) is 8.66. The molecule has 5 nitrogen and oxygen atoms in total. The highest BCUT2D eigenvalue weighted by molar-refractivity contribution is 5.99. The number of likely N-dealkylation sites (N-methyl/N-ethyl adjacent to an activating group) is 1. The number of benzene rings is 2. The fourth-order valence-electron chi connectivity index (χ4n) is 2.96. The molecule has 136 valence electrons. The number of rotatable bonds is 7. The molecule has 0 unspecified atom stereocenters. The fourth-order valence-corrected chi connectivity index (χ4v) is 2.96. The number of ether oxygens (including phenoxy) is 1. The number of hydrogen-bond acceptors (Lipinski definition) is 4. The van der Waals surface area contributed by atoms with Crippen LogP contribution in [0.5, 0.6) is 5.75 Å². The Morgan fingerprint density at radius 3 is 2.69 bits per heavy atom. The van der Waals surface area contributed by atoms with Crippen molar-refractivity contribution in [3.05, 3.63) is 65.4 Å². The Labute approximate surface area is 153 Å². The van der Waals surface area contributed by atoms with E-state index in [1.54, 1.807) is 7.11 Å². The highest BCUT2D eigenvalue weighted by Crippen LogP contribution is 2.28. The van der Waals surface area contributed by atoms with Crippen LogP contribution < -0.4 is 10.1 Å². The molecular weight excluding hydrogens is 328 g/mol. The lowest BCUT2D eigenvalue weighted by atomic mass is 10.1. The molecule has 0 fully saturated rings. The van der Waals surface area contributed by atoms with E-state index in [-0.39, 0.29) is 5.91 Å². The van der Waals surface area contributed by atoms with Gasteiger partial charge in [-0.15, -0.1) is 0 Å². The van der Waals surface area contributed by atoms with Gasteiger partial charge in [0.25, 0.3) is 5.91 Å². The lowest BCUT2D eigenvalue weighted by Crippen LogP contribution is -2.32. The Bertz CT molecular complexity index is 887. The molecule has 1 aromatic heterocycles. The molecule has 0 aliphatic rings. The average molecular weight is 352 g/mol. The molecule has 3 aromatic rings. The van der Waals surface area contributed by atoms with Crippen LogP contribution in [0.4, 0.5) is 0 Å². The molecule has 3 rings (SSSR count). The molecule has 0 spiro atoms. The molecule has 1 amide bonds. The average Bonchev–Trinajstić information content (AvgIpc) is 2.98. The number of nitrogens with one attached hydrogen (secondary N) is 1. The lowest BCUT2D eigenvalue weighted by molar-refractivity contribution is 0.0923. The van der Waals surface area contributed by atoms with Gasteiger partial charge in [-0.3, -0.25) is 4.79 Å². The summed E-state index contributed by atoms with van der Waals surface area (Å²) >= 11 is 0. The molecule has 0 saturated carbocycles. The summed E-state index contributed by atoms with van der Waals surface area (Å²) in [6.45, 7) is 4.05. The van der Waals surface area contributed by atoms with Crippen molar-refractivity contribution in [3.63, 3.8) is 0 Å². The van der Waals surface area contributed by atoms with Crippen LogP contribution in [0.25, 0.3) is 11.0 Å². The van der Waals surface area contributed by atoms with Gasteiger partial charge in [-0.05, 0) is 37.7 Å². The first-order chi connectivity index (χ1) is 12.6. The van der Waals surface area contributed by atoms with Crippen LogP contribution in [0.2, 0.25) is 0 Å². The maximum Gasteiger partial charge on any atom is 0.287 e. The van der Waals surface area contributed by atoms with Crippen molar-refractivity contribution in [1.82, 2.24) is 10.2 Å². The van der Waals surface area contributed by atoms with Crippen LogP contribution in [-0.2, 0) is 6.54 Å². The van der Waals surface area contributed by atoms with Gasteiger partial charge in [-0.2, -0.15) is 0 Å². The third-order valence-electron chi connectivity index (χ3n) is 4.42. The van der Waals surface area contributed by atoms with Gasteiger partial charge in [0.1, 0.15) is 11.3 Å². The van der Waals surface area contributed by atoms with E-state index >= 15 is 0 Å². The predicted octanol–water partition coefficient (Wildman–Crippen LogP) is 3.61. The zero-order valence-corrected chi connectivity index (χ0v) is 15.4. The quantitative estimate of drug-likeness (QED) is 0.706. The third kappa shape index (κ3) is 4.06. The second-order valence-electron chi connectivity index (χ2n) is 6.40. The normalized spacial score (nSPS) is 11.1. The molecule has 0 atom stereocenters. The summed E-state index contributed by atoms with van der Waals surface area (Å²) in [5.41, 5.74) is 2.77. The van der Waals surface area contributed by atoms with Crippen LogP contribution in [-0.4, -0.2) is 38.1 Å². The fraction of sp³-hybridized carbons (Fsp3) is 0.286. The van der Waals surface area contributed by atoms with E-state index in [2.05, 4.69) is 22.3 Å². The maximum atomic E-state index is 12.5. The van der Waals surface area contributed by atoms with Gasteiger partial charge < -0.3 is 19.4 Å². The molecule has 0 aliphatic carbocycles. The summed E-state index contributed by atoms with van der Waals surface area (Å²) in [5.74, 6) is 0.917. The van der Waals surface area contributed by atoms with Crippen molar-refractivity contribution < 1.29 is 13.9 Å². The van der Waals surface area contributed by atoms with E-state index in [1.165, 1.54) is 5.56 Å². The number of aryl methyl sites for hydroxylation is 1. The predicted molar refractivity (Wildman–Crippen MR) is 103 cm³/mol. The Balaban J connectivity index is 1.58. The van der Waals surface area contributed by atoms with E-state index in [1.807, 2.05) is 50.4 Å². The van der Waals surface area contributed by atoms with Crippen molar-refractivity contribution in [2.24, 2.45) is 0 Å². The monoisotopic (exact) mass is 352 g/mol. The third-order valence-corrected chi connectivity index (χ3v) is 4.42. The second kappa shape index (κ2) is 8.06. The number of nitrogens with zero attached hydrogens (tertiary/aromatic N) is 1. The maximum absolute atomic E-state index is 12.5. The molecule has 0 aliphatic heterocycles. The minimum absolute atomic E-state index is 0.189. The van der Waals surface area contributed by atoms with Crippen molar-refractivity contribution in [2.45, 2.75) is 13.5 Å². The van der Waals surface area contributed by atoms with Crippen molar-refractivity contribution >= 4 is 16.9 Å². The van der Waals surface area contributed by atoms with Crippen LogP contribution in [0.3, 0.4) is 0 Å². The Hall–Kier alpha value is -2.79. The second-order valence-corrected chi connectivity index (χ2v) is 6.40. The van der Waals surface area contributed by atoms with E-state index in [0.29, 0.717) is 17.9 Å². The number of amides is 1.